The number of hydrogen-bond acceptors (Lipinski definition) is 6. The normalized spacial score (nSPS) is 19.5. The summed E-state index contributed by atoms with van der Waals surface area (Å²) in [5, 5.41) is 19.8. The highest BCUT2D eigenvalue weighted by Gasteiger charge is 2.41. The zero-order valence-electron chi connectivity index (χ0n) is 13.6. The van der Waals surface area contributed by atoms with Crippen LogP contribution in [-0.2, 0) is 4.74 Å². The van der Waals surface area contributed by atoms with E-state index in [1.807, 2.05) is 0 Å². The summed E-state index contributed by atoms with van der Waals surface area (Å²) >= 11 is 0. The Hall–Kier alpha value is -2.73. The van der Waals surface area contributed by atoms with Crippen LogP contribution in [0.3, 0.4) is 0 Å². The molecule has 126 valence electrons. The third-order valence-corrected chi connectivity index (χ3v) is 4.20. The van der Waals surface area contributed by atoms with E-state index in [0.29, 0.717) is 16.9 Å². The number of phenols is 2. The van der Waals surface area contributed by atoms with Crippen molar-refractivity contribution in [2.45, 2.75) is 19.1 Å². The monoisotopic (exact) mass is 330 g/mol. The molecule has 0 aliphatic carbocycles. The number of carbonyl (C=O) groups is 1. The number of fused-ring (bicyclic) bond motifs is 1. The molecule has 0 amide bonds. The van der Waals surface area contributed by atoms with Crippen LogP contribution in [0.25, 0.3) is 0 Å². The molecule has 6 nitrogen and oxygen atoms in total. The number of carbonyl (C=O) groups excluding carboxylic acids is 1. The van der Waals surface area contributed by atoms with E-state index in [1.165, 1.54) is 26.4 Å². The molecular weight excluding hydrogens is 312 g/mol. The molecular formula is C18H18O6. The lowest BCUT2D eigenvalue weighted by molar-refractivity contribution is -0.00112. The molecule has 1 heterocycles. The van der Waals surface area contributed by atoms with Crippen LogP contribution in [0.4, 0.5) is 0 Å². The third kappa shape index (κ3) is 2.45. The molecule has 24 heavy (non-hydrogen) atoms. The first-order chi connectivity index (χ1) is 11.5. The average molecular weight is 330 g/mol. The van der Waals surface area contributed by atoms with Gasteiger partial charge in [0.25, 0.3) is 0 Å². The van der Waals surface area contributed by atoms with Crippen molar-refractivity contribution in [3.05, 3.63) is 47.0 Å². The van der Waals surface area contributed by atoms with Gasteiger partial charge in [0.2, 0.25) is 5.78 Å². The van der Waals surface area contributed by atoms with Crippen molar-refractivity contribution in [3.8, 4) is 23.0 Å². The van der Waals surface area contributed by atoms with Gasteiger partial charge in [0.1, 0.15) is 28.6 Å². The van der Waals surface area contributed by atoms with E-state index in [2.05, 4.69) is 0 Å². The lowest BCUT2D eigenvalue weighted by Crippen LogP contribution is -2.38. The summed E-state index contributed by atoms with van der Waals surface area (Å²) in [5.41, 5.74) is 1.24. The highest BCUT2D eigenvalue weighted by atomic mass is 16.5. The maximum atomic E-state index is 12.8. The maximum absolute atomic E-state index is 12.8. The Bertz CT molecular complexity index is 781. The minimum absolute atomic E-state index is 0.0928. The number of phenolic OH excluding ortho intramolecular Hbond substituents is 2. The third-order valence-electron chi connectivity index (χ3n) is 4.20. The highest BCUT2D eigenvalue weighted by molar-refractivity contribution is 6.06. The molecule has 1 aliphatic rings. The zero-order valence-corrected chi connectivity index (χ0v) is 13.6. The van der Waals surface area contributed by atoms with E-state index in [-0.39, 0.29) is 28.6 Å². The molecule has 2 N–H and O–H groups in total. The van der Waals surface area contributed by atoms with Gasteiger partial charge in [0.05, 0.1) is 7.11 Å². The van der Waals surface area contributed by atoms with Crippen molar-refractivity contribution in [1.29, 1.82) is 0 Å². The summed E-state index contributed by atoms with van der Waals surface area (Å²) in [4.78, 5) is 12.8. The Balaban J connectivity index is 2.12. The molecule has 6 heteroatoms. The summed E-state index contributed by atoms with van der Waals surface area (Å²) in [7, 11) is 2.89. The van der Waals surface area contributed by atoms with Crippen molar-refractivity contribution in [2.24, 2.45) is 0 Å². The van der Waals surface area contributed by atoms with Gasteiger partial charge in [-0.15, -0.1) is 0 Å². The molecule has 0 saturated heterocycles. The molecule has 0 bridgehead atoms. The van der Waals surface area contributed by atoms with E-state index >= 15 is 0 Å². The van der Waals surface area contributed by atoms with Crippen LogP contribution in [0.1, 0.15) is 27.6 Å². The number of rotatable bonds is 3. The molecule has 1 aliphatic heterocycles. The number of methoxy groups -OCH3 is 2. The van der Waals surface area contributed by atoms with Crippen molar-refractivity contribution in [1.82, 2.24) is 0 Å². The van der Waals surface area contributed by atoms with Crippen LogP contribution >= 0.6 is 0 Å². The molecule has 0 aromatic heterocycles. The van der Waals surface area contributed by atoms with Crippen molar-refractivity contribution < 1.29 is 29.2 Å². The van der Waals surface area contributed by atoms with Gasteiger partial charge < -0.3 is 24.4 Å². The van der Waals surface area contributed by atoms with Crippen molar-refractivity contribution >= 4 is 5.78 Å². The molecule has 3 rings (SSSR count). The molecule has 2 aromatic rings. The first-order valence-electron chi connectivity index (χ1n) is 7.41. The quantitative estimate of drug-likeness (QED) is 0.900. The minimum atomic E-state index is -0.902. The number of hydrogen-bond donors (Lipinski definition) is 2. The van der Waals surface area contributed by atoms with Gasteiger partial charge in [-0.3, -0.25) is 4.79 Å². The standard InChI is InChI=1S/C18H18O6/c1-9-12(22-2)8-13-14(15(9)20)16(21)18(23-3)17(24-13)10-4-6-11(19)7-5-10/h4-8,17-20H,1-3H3/t17-,18+/m1/s1. The summed E-state index contributed by atoms with van der Waals surface area (Å²) in [6.45, 7) is 1.66. The molecule has 2 aromatic carbocycles. The fourth-order valence-electron chi connectivity index (χ4n) is 2.88. The Morgan fingerprint density at radius 2 is 1.79 bits per heavy atom. The van der Waals surface area contributed by atoms with Crippen molar-refractivity contribution in [2.75, 3.05) is 14.2 Å². The van der Waals surface area contributed by atoms with Gasteiger partial charge in [0.15, 0.2) is 12.2 Å². The maximum Gasteiger partial charge on any atom is 0.203 e. The van der Waals surface area contributed by atoms with Crippen LogP contribution in [0.5, 0.6) is 23.0 Å². The SMILES string of the molecule is COc1cc2c(c(O)c1C)C(=O)[C@H](OC)[C@@H](c1ccc(O)cc1)O2. The Labute approximate surface area is 139 Å². The van der Waals surface area contributed by atoms with Gasteiger partial charge in [-0.25, -0.2) is 0 Å². The van der Waals surface area contributed by atoms with E-state index in [0.717, 1.165) is 0 Å². The predicted octanol–water partition coefficient (Wildman–Crippen LogP) is 2.75. The smallest absolute Gasteiger partial charge is 0.203 e. The van der Waals surface area contributed by atoms with E-state index in [4.69, 9.17) is 14.2 Å². The first kappa shape index (κ1) is 16.1. The fraction of sp³-hybridized carbons (Fsp3) is 0.278. The molecule has 0 unspecified atom stereocenters. The Morgan fingerprint density at radius 1 is 1.12 bits per heavy atom. The molecule has 0 fully saturated rings. The number of ketones is 1. The number of ether oxygens (including phenoxy) is 3. The van der Waals surface area contributed by atoms with Crippen LogP contribution < -0.4 is 9.47 Å². The van der Waals surface area contributed by atoms with E-state index in [1.54, 1.807) is 25.1 Å². The van der Waals surface area contributed by atoms with E-state index in [9.17, 15) is 15.0 Å². The minimum Gasteiger partial charge on any atom is -0.508 e. The van der Waals surface area contributed by atoms with Gasteiger partial charge in [0, 0.05) is 18.7 Å². The largest absolute Gasteiger partial charge is 0.508 e. The molecule has 0 spiro atoms. The number of Topliss-reactive ketones (excluding diaryl/α,β-unsaturated/α-hetero) is 1. The van der Waals surface area contributed by atoms with Crippen LogP contribution in [0.2, 0.25) is 0 Å². The first-order valence-corrected chi connectivity index (χ1v) is 7.41. The average Bonchev–Trinajstić information content (AvgIpc) is 2.58. The lowest BCUT2D eigenvalue weighted by Gasteiger charge is -2.32. The lowest BCUT2D eigenvalue weighted by atomic mass is 9.91. The predicted molar refractivity (Wildman–Crippen MR) is 86.0 cm³/mol. The summed E-state index contributed by atoms with van der Waals surface area (Å²) < 4.78 is 16.5. The van der Waals surface area contributed by atoms with Gasteiger partial charge in [-0.05, 0) is 24.6 Å². The van der Waals surface area contributed by atoms with Gasteiger partial charge in [-0.2, -0.15) is 0 Å². The summed E-state index contributed by atoms with van der Waals surface area (Å²) in [6.07, 6.45) is -1.59. The van der Waals surface area contributed by atoms with Crippen LogP contribution in [0.15, 0.2) is 30.3 Å². The molecule has 2 atom stereocenters. The topological polar surface area (TPSA) is 85.2 Å². The summed E-state index contributed by atoms with van der Waals surface area (Å²) in [6, 6.07) is 7.93. The number of benzene rings is 2. The summed E-state index contributed by atoms with van der Waals surface area (Å²) in [5.74, 6) is 0.261. The number of aromatic hydroxyl groups is 2. The fourth-order valence-corrected chi connectivity index (χ4v) is 2.88. The van der Waals surface area contributed by atoms with E-state index < -0.39 is 12.2 Å². The van der Waals surface area contributed by atoms with Crippen molar-refractivity contribution in [3.63, 3.8) is 0 Å². The highest BCUT2D eigenvalue weighted by Crippen LogP contribution is 2.45. The zero-order chi connectivity index (χ0) is 17.4. The second-order valence-electron chi connectivity index (χ2n) is 5.58. The Morgan fingerprint density at radius 3 is 2.38 bits per heavy atom. The van der Waals surface area contributed by atoms with Crippen LogP contribution in [-0.4, -0.2) is 36.3 Å². The van der Waals surface area contributed by atoms with Gasteiger partial charge in [-0.1, -0.05) is 12.1 Å². The van der Waals surface area contributed by atoms with Crippen LogP contribution in [0, 0.1) is 6.92 Å². The second kappa shape index (κ2) is 6.05. The molecule has 0 radical (unpaired) electrons. The Kier molecular flexibility index (Phi) is 4.07. The van der Waals surface area contributed by atoms with Gasteiger partial charge >= 0.3 is 0 Å². The second-order valence-corrected chi connectivity index (χ2v) is 5.58. The molecule has 0 saturated carbocycles.